The van der Waals surface area contributed by atoms with Crippen LogP contribution in [0.3, 0.4) is 0 Å². The quantitative estimate of drug-likeness (QED) is 0.624. The fourth-order valence-corrected chi connectivity index (χ4v) is 1.02. The van der Waals surface area contributed by atoms with Crippen LogP contribution in [0.1, 0.15) is 12.8 Å². The molecule has 0 aromatic rings. The number of aliphatic hydroxyl groups excluding tert-OH is 1. The molecule has 0 saturated carbocycles. The Kier molecular flexibility index (Phi) is 5.27. The standard InChI is InChI=1S/C8H15O4/c9-3-7-10-6-2-8-11-4-1-5-12-8/h3,8-9H,1-2,4-7H2. The minimum Gasteiger partial charge on any atom is -0.388 e. The lowest BCUT2D eigenvalue weighted by molar-refractivity contribution is -0.186. The maximum absolute atomic E-state index is 8.29. The van der Waals surface area contributed by atoms with Gasteiger partial charge in [0, 0.05) is 6.42 Å². The average molecular weight is 175 g/mol. The van der Waals surface area contributed by atoms with Gasteiger partial charge < -0.3 is 19.3 Å². The molecule has 1 heterocycles. The monoisotopic (exact) mass is 175 g/mol. The molecule has 1 aliphatic heterocycles. The van der Waals surface area contributed by atoms with Crippen LogP contribution in [0.25, 0.3) is 0 Å². The van der Waals surface area contributed by atoms with Gasteiger partial charge in [0.2, 0.25) is 0 Å². The topological polar surface area (TPSA) is 47.9 Å². The first-order chi connectivity index (χ1) is 5.93. The number of ether oxygens (including phenoxy) is 3. The second kappa shape index (κ2) is 6.37. The van der Waals surface area contributed by atoms with Crippen molar-refractivity contribution in [2.24, 2.45) is 0 Å². The number of rotatable bonds is 5. The first-order valence-corrected chi connectivity index (χ1v) is 4.20. The van der Waals surface area contributed by atoms with Gasteiger partial charge in [-0.1, -0.05) is 0 Å². The molecule has 4 heteroatoms. The lowest BCUT2D eigenvalue weighted by Crippen LogP contribution is -2.26. The molecule has 0 atom stereocenters. The van der Waals surface area contributed by atoms with Crippen LogP contribution in [0, 0.1) is 6.61 Å². The van der Waals surface area contributed by atoms with Crippen LogP contribution in [0.4, 0.5) is 0 Å². The average Bonchev–Trinajstić information content (AvgIpc) is 2.14. The summed E-state index contributed by atoms with van der Waals surface area (Å²) in [6.45, 7) is 3.37. The molecule has 0 spiro atoms. The van der Waals surface area contributed by atoms with E-state index in [4.69, 9.17) is 19.3 Å². The van der Waals surface area contributed by atoms with Crippen molar-refractivity contribution in [3.05, 3.63) is 6.61 Å². The van der Waals surface area contributed by atoms with Gasteiger partial charge in [0.05, 0.1) is 26.4 Å². The first-order valence-electron chi connectivity index (χ1n) is 4.20. The first kappa shape index (κ1) is 9.92. The number of hydrogen-bond donors (Lipinski definition) is 1. The van der Waals surface area contributed by atoms with Crippen LogP contribution in [0.15, 0.2) is 0 Å². The molecular formula is C8H15O4. The largest absolute Gasteiger partial charge is 0.388 e. The Morgan fingerprint density at radius 1 is 1.42 bits per heavy atom. The zero-order valence-electron chi connectivity index (χ0n) is 7.07. The summed E-state index contributed by atoms with van der Waals surface area (Å²) in [5, 5.41) is 8.29. The Labute approximate surface area is 72.4 Å². The van der Waals surface area contributed by atoms with Crippen LogP contribution < -0.4 is 0 Å². The number of aliphatic hydroxyl groups is 1. The molecule has 4 nitrogen and oxygen atoms in total. The Morgan fingerprint density at radius 2 is 2.17 bits per heavy atom. The van der Waals surface area contributed by atoms with Crippen LogP contribution in [0.5, 0.6) is 0 Å². The fraction of sp³-hybridized carbons (Fsp3) is 0.875. The zero-order chi connectivity index (χ0) is 8.65. The van der Waals surface area contributed by atoms with Gasteiger partial charge in [-0.2, -0.15) is 0 Å². The summed E-state index contributed by atoms with van der Waals surface area (Å²) in [5.41, 5.74) is 0. The van der Waals surface area contributed by atoms with Gasteiger partial charge in [-0.05, 0) is 6.42 Å². The van der Waals surface area contributed by atoms with Crippen LogP contribution in [0.2, 0.25) is 0 Å². The van der Waals surface area contributed by atoms with Crippen molar-refractivity contribution in [2.75, 3.05) is 26.4 Å². The predicted molar refractivity (Wildman–Crippen MR) is 42.0 cm³/mol. The van der Waals surface area contributed by atoms with Crippen molar-refractivity contribution in [1.29, 1.82) is 0 Å². The van der Waals surface area contributed by atoms with Gasteiger partial charge in [-0.3, -0.25) is 0 Å². The van der Waals surface area contributed by atoms with E-state index in [2.05, 4.69) is 0 Å². The van der Waals surface area contributed by atoms with Crippen molar-refractivity contribution < 1.29 is 19.3 Å². The van der Waals surface area contributed by atoms with Crippen molar-refractivity contribution in [3.8, 4) is 0 Å². The van der Waals surface area contributed by atoms with Crippen molar-refractivity contribution >= 4 is 0 Å². The van der Waals surface area contributed by atoms with Gasteiger partial charge in [-0.25, -0.2) is 0 Å². The summed E-state index contributed by atoms with van der Waals surface area (Å²) in [5.74, 6) is 0. The van der Waals surface area contributed by atoms with Gasteiger partial charge in [0.25, 0.3) is 0 Å². The molecule has 0 unspecified atom stereocenters. The molecule has 1 radical (unpaired) electrons. The highest BCUT2D eigenvalue weighted by Gasteiger charge is 2.13. The van der Waals surface area contributed by atoms with Crippen molar-refractivity contribution in [2.45, 2.75) is 19.1 Å². The molecule has 0 aromatic heterocycles. The summed E-state index contributed by atoms with van der Waals surface area (Å²) in [4.78, 5) is 0. The Morgan fingerprint density at radius 3 is 2.83 bits per heavy atom. The van der Waals surface area contributed by atoms with Gasteiger partial charge in [0.1, 0.15) is 6.61 Å². The highest BCUT2D eigenvalue weighted by Crippen LogP contribution is 2.07. The molecule has 0 aromatic carbocycles. The van der Waals surface area contributed by atoms with E-state index in [1.54, 1.807) is 0 Å². The molecule has 1 fully saturated rings. The fourth-order valence-electron chi connectivity index (χ4n) is 1.02. The molecular weight excluding hydrogens is 160 g/mol. The molecule has 1 N–H and O–H groups in total. The maximum atomic E-state index is 8.29. The normalized spacial score (nSPS) is 19.8. The predicted octanol–water partition coefficient (Wildman–Crippen LogP) is 0.690. The zero-order valence-corrected chi connectivity index (χ0v) is 7.07. The smallest absolute Gasteiger partial charge is 0.159 e. The maximum Gasteiger partial charge on any atom is 0.159 e. The lowest BCUT2D eigenvalue weighted by Gasteiger charge is -2.22. The summed E-state index contributed by atoms with van der Waals surface area (Å²) in [6, 6.07) is 0. The van der Waals surface area contributed by atoms with E-state index in [0.29, 0.717) is 6.61 Å². The minimum absolute atomic E-state index is 0.113. The van der Waals surface area contributed by atoms with Crippen molar-refractivity contribution in [1.82, 2.24) is 0 Å². The third-order valence-electron chi connectivity index (χ3n) is 1.59. The second-order valence-corrected chi connectivity index (χ2v) is 2.57. The summed E-state index contributed by atoms with van der Waals surface area (Å²) in [6.07, 6.45) is 1.59. The van der Waals surface area contributed by atoms with E-state index in [1.165, 1.54) is 0 Å². The molecule has 12 heavy (non-hydrogen) atoms. The van der Waals surface area contributed by atoms with Crippen LogP contribution in [-0.4, -0.2) is 37.8 Å². The summed E-state index contributed by atoms with van der Waals surface area (Å²) >= 11 is 0. The van der Waals surface area contributed by atoms with Gasteiger partial charge >= 0.3 is 0 Å². The van der Waals surface area contributed by atoms with E-state index in [9.17, 15) is 0 Å². The number of hydrogen-bond acceptors (Lipinski definition) is 4. The third kappa shape index (κ3) is 4.01. The lowest BCUT2D eigenvalue weighted by atomic mass is 10.4. The van der Waals surface area contributed by atoms with E-state index in [0.717, 1.165) is 32.7 Å². The molecule has 0 bridgehead atoms. The summed E-state index contributed by atoms with van der Waals surface area (Å²) < 4.78 is 15.6. The molecule has 1 saturated heterocycles. The van der Waals surface area contributed by atoms with Crippen LogP contribution >= 0.6 is 0 Å². The summed E-state index contributed by atoms with van der Waals surface area (Å²) in [7, 11) is 0. The van der Waals surface area contributed by atoms with Gasteiger partial charge in [0.15, 0.2) is 6.29 Å². The van der Waals surface area contributed by atoms with E-state index in [1.807, 2.05) is 0 Å². The second-order valence-electron chi connectivity index (χ2n) is 2.57. The van der Waals surface area contributed by atoms with Gasteiger partial charge in [-0.15, -0.1) is 0 Å². The molecule has 0 amide bonds. The molecule has 1 aliphatic rings. The Bertz CT molecular complexity index is 101. The highest BCUT2D eigenvalue weighted by atomic mass is 16.7. The van der Waals surface area contributed by atoms with E-state index in [-0.39, 0.29) is 12.9 Å². The van der Waals surface area contributed by atoms with E-state index < -0.39 is 0 Å². The molecule has 71 valence electrons. The van der Waals surface area contributed by atoms with E-state index >= 15 is 0 Å². The van der Waals surface area contributed by atoms with Crippen LogP contribution in [-0.2, 0) is 14.2 Å². The highest BCUT2D eigenvalue weighted by molar-refractivity contribution is 4.51. The van der Waals surface area contributed by atoms with Crippen molar-refractivity contribution in [3.63, 3.8) is 0 Å². The minimum atomic E-state index is -0.113. The third-order valence-corrected chi connectivity index (χ3v) is 1.59. The molecule has 1 rings (SSSR count). The SMILES string of the molecule is O[CH]COCCC1OCCCO1. The Balaban J connectivity index is 1.91. The Hall–Kier alpha value is -0.160. The molecule has 0 aliphatic carbocycles.